The smallest absolute Gasteiger partial charge is 0.227 e. The molecule has 1 aromatic heterocycles. The van der Waals surface area contributed by atoms with Crippen molar-refractivity contribution in [1.29, 1.82) is 0 Å². The molecule has 0 aliphatic heterocycles. The lowest BCUT2D eigenvalue weighted by molar-refractivity contribution is -0.131. The van der Waals surface area contributed by atoms with Gasteiger partial charge in [0.25, 0.3) is 0 Å². The van der Waals surface area contributed by atoms with Crippen molar-refractivity contribution in [2.24, 2.45) is 11.1 Å². The molecule has 1 amide bonds. The summed E-state index contributed by atoms with van der Waals surface area (Å²) in [6.07, 6.45) is 7.97. The van der Waals surface area contributed by atoms with E-state index in [1.807, 2.05) is 6.20 Å². The minimum atomic E-state index is -0.392. The highest BCUT2D eigenvalue weighted by Crippen LogP contribution is 2.28. The van der Waals surface area contributed by atoms with E-state index in [-0.39, 0.29) is 5.91 Å². The normalized spacial score (nSPS) is 11.6. The van der Waals surface area contributed by atoms with E-state index in [0.29, 0.717) is 13.1 Å². The van der Waals surface area contributed by atoms with Crippen LogP contribution in [0.5, 0.6) is 0 Å². The fraction of sp³-hybridized carbons (Fsp3) is 0.786. The van der Waals surface area contributed by atoms with E-state index < -0.39 is 5.41 Å². The Kier molecular flexibility index (Phi) is 7.22. The molecule has 0 spiro atoms. The molecule has 6 heteroatoms. The Labute approximate surface area is 121 Å². The Hall–Kier alpha value is -1.43. The second kappa shape index (κ2) is 8.68. The third-order valence-corrected chi connectivity index (χ3v) is 3.65. The fourth-order valence-corrected chi connectivity index (χ4v) is 2.59. The molecule has 1 heterocycles. The summed E-state index contributed by atoms with van der Waals surface area (Å²) in [6, 6.07) is 0. The van der Waals surface area contributed by atoms with E-state index in [1.54, 1.807) is 10.9 Å². The fourth-order valence-electron chi connectivity index (χ4n) is 2.59. The van der Waals surface area contributed by atoms with Crippen molar-refractivity contribution in [1.82, 2.24) is 20.3 Å². The number of aromatic nitrogens is 3. The van der Waals surface area contributed by atoms with E-state index in [1.165, 1.54) is 0 Å². The van der Waals surface area contributed by atoms with E-state index in [2.05, 4.69) is 29.5 Å². The van der Waals surface area contributed by atoms with Crippen molar-refractivity contribution in [3.05, 3.63) is 12.4 Å². The first-order valence-corrected chi connectivity index (χ1v) is 7.51. The Bertz CT molecular complexity index is 371. The van der Waals surface area contributed by atoms with Gasteiger partial charge in [-0.05, 0) is 19.3 Å². The van der Waals surface area contributed by atoms with Gasteiger partial charge < -0.3 is 11.1 Å². The first-order chi connectivity index (χ1) is 9.68. The van der Waals surface area contributed by atoms with Crippen molar-refractivity contribution < 1.29 is 4.79 Å². The van der Waals surface area contributed by atoms with Gasteiger partial charge in [0.05, 0.1) is 11.6 Å². The first kappa shape index (κ1) is 16.6. The molecule has 20 heavy (non-hydrogen) atoms. The van der Waals surface area contributed by atoms with E-state index in [4.69, 9.17) is 5.73 Å². The number of rotatable bonds is 10. The van der Waals surface area contributed by atoms with Crippen LogP contribution in [0, 0.1) is 5.41 Å². The summed E-state index contributed by atoms with van der Waals surface area (Å²) >= 11 is 0. The third kappa shape index (κ3) is 4.59. The summed E-state index contributed by atoms with van der Waals surface area (Å²) in [5.74, 6) is 0.0993. The maximum atomic E-state index is 12.4. The van der Waals surface area contributed by atoms with Crippen LogP contribution >= 0.6 is 0 Å². The molecule has 0 aliphatic rings. The van der Waals surface area contributed by atoms with Gasteiger partial charge in [0.15, 0.2) is 0 Å². The van der Waals surface area contributed by atoms with Crippen LogP contribution in [-0.2, 0) is 11.3 Å². The van der Waals surface area contributed by atoms with E-state index in [9.17, 15) is 4.79 Å². The zero-order valence-electron chi connectivity index (χ0n) is 12.6. The molecule has 0 radical (unpaired) electrons. The highest BCUT2D eigenvalue weighted by atomic mass is 16.2. The molecule has 114 valence electrons. The second-order valence-electron chi connectivity index (χ2n) is 5.26. The van der Waals surface area contributed by atoms with Crippen LogP contribution in [0.3, 0.4) is 0 Å². The molecule has 0 bridgehead atoms. The van der Waals surface area contributed by atoms with Crippen LogP contribution in [0.4, 0.5) is 0 Å². The van der Waals surface area contributed by atoms with Crippen LogP contribution in [0.2, 0.25) is 0 Å². The lowest BCUT2D eigenvalue weighted by Crippen LogP contribution is -2.46. The van der Waals surface area contributed by atoms with Gasteiger partial charge in [-0.25, -0.2) is 0 Å². The summed E-state index contributed by atoms with van der Waals surface area (Å²) < 4.78 is 1.76. The summed E-state index contributed by atoms with van der Waals surface area (Å²) in [5.41, 5.74) is 5.49. The van der Waals surface area contributed by atoms with E-state index in [0.717, 1.165) is 38.6 Å². The van der Waals surface area contributed by atoms with Crippen molar-refractivity contribution in [2.45, 2.75) is 52.5 Å². The van der Waals surface area contributed by atoms with Crippen molar-refractivity contribution in [3.63, 3.8) is 0 Å². The monoisotopic (exact) mass is 281 g/mol. The highest BCUT2D eigenvalue weighted by Gasteiger charge is 2.34. The minimum absolute atomic E-state index is 0.0993. The number of hydrogen-bond donors (Lipinski definition) is 2. The van der Waals surface area contributed by atoms with Crippen LogP contribution < -0.4 is 11.1 Å². The lowest BCUT2D eigenvalue weighted by atomic mass is 9.78. The topological polar surface area (TPSA) is 85.8 Å². The van der Waals surface area contributed by atoms with Crippen LogP contribution in [0.15, 0.2) is 12.4 Å². The van der Waals surface area contributed by atoms with E-state index >= 15 is 0 Å². The largest absolute Gasteiger partial charge is 0.356 e. The maximum absolute atomic E-state index is 12.4. The molecule has 0 aromatic carbocycles. The van der Waals surface area contributed by atoms with Gasteiger partial charge in [-0.2, -0.15) is 0 Å². The minimum Gasteiger partial charge on any atom is -0.356 e. The SMILES string of the molecule is CCCC(CN)(CCC)C(=O)NCCCn1ccnn1. The summed E-state index contributed by atoms with van der Waals surface area (Å²) in [6.45, 7) is 6.02. The van der Waals surface area contributed by atoms with Crippen molar-refractivity contribution >= 4 is 5.91 Å². The number of nitrogens with two attached hydrogens (primary N) is 1. The average molecular weight is 281 g/mol. The van der Waals surface area contributed by atoms with Gasteiger partial charge in [-0.3, -0.25) is 9.48 Å². The van der Waals surface area contributed by atoms with Gasteiger partial charge >= 0.3 is 0 Å². The van der Waals surface area contributed by atoms with Gasteiger partial charge in [0.1, 0.15) is 0 Å². The Morgan fingerprint density at radius 3 is 2.55 bits per heavy atom. The number of nitrogens with one attached hydrogen (secondary N) is 1. The van der Waals surface area contributed by atoms with Crippen molar-refractivity contribution in [2.75, 3.05) is 13.1 Å². The van der Waals surface area contributed by atoms with Gasteiger partial charge in [0, 0.05) is 25.8 Å². The molecule has 0 unspecified atom stereocenters. The number of carbonyl (C=O) groups is 1. The summed E-state index contributed by atoms with van der Waals surface area (Å²) in [5, 5.41) is 10.7. The third-order valence-electron chi connectivity index (χ3n) is 3.65. The molecule has 6 nitrogen and oxygen atoms in total. The average Bonchev–Trinajstić information content (AvgIpc) is 2.96. The van der Waals surface area contributed by atoms with Gasteiger partial charge in [0.2, 0.25) is 5.91 Å². The molecule has 1 rings (SSSR count). The summed E-state index contributed by atoms with van der Waals surface area (Å²) in [4.78, 5) is 12.4. The first-order valence-electron chi connectivity index (χ1n) is 7.51. The Balaban J connectivity index is 2.41. The molecule has 3 N–H and O–H groups in total. The lowest BCUT2D eigenvalue weighted by Gasteiger charge is -2.30. The van der Waals surface area contributed by atoms with Gasteiger partial charge in [-0.1, -0.05) is 31.9 Å². The number of aryl methyl sites for hydroxylation is 1. The number of hydrogen-bond acceptors (Lipinski definition) is 4. The van der Waals surface area contributed by atoms with Crippen LogP contribution in [0.1, 0.15) is 46.0 Å². The standard InChI is InChI=1S/C14H27N5O/c1-3-6-14(12-15,7-4-2)13(20)16-8-5-10-19-11-9-17-18-19/h9,11H,3-8,10,12,15H2,1-2H3,(H,16,20). The Morgan fingerprint density at radius 2 is 2.05 bits per heavy atom. The second-order valence-corrected chi connectivity index (χ2v) is 5.26. The predicted molar refractivity (Wildman–Crippen MR) is 79.0 cm³/mol. The molecule has 0 saturated heterocycles. The molecular formula is C14H27N5O. The Morgan fingerprint density at radius 1 is 1.35 bits per heavy atom. The van der Waals surface area contributed by atoms with Crippen molar-refractivity contribution in [3.8, 4) is 0 Å². The molecule has 0 atom stereocenters. The number of carbonyl (C=O) groups excluding carboxylic acids is 1. The molecule has 1 aromatic rings. The maximum Gasteiger partial charge on any atom is 0.227 e. The molecule has 0 fully saturated rings. The molecular weight excluding hydrogens is 254 g/mol. The summed E-state index contributed by atoms with van der Waals surface area (Å²) in [7, 11) is 0. The zero-order chi connectivity index (χ0) is 14.8. The van der Waals surface area contributed by atoms with Crippen LogP contribution in [-0.4, -0.2) is 34.0 Å². The zero-order valence-corrected chi connectivity index (χ0v) is 12.6. The highest BCUT2D eigenvalue weighted by molar-refractivity contribution is 5.82. The quantitative estimate of drug-likeness (QED) is 0.634. The molecule has 0 aliphatic carbocycles. The number of nitrogens with zero attached hydrogens (tertiary/aromatic N) is 3. The molecule has 0 saturated carbocycles. The van der Waals surface area contributed by atoms with Gasteiger partial charge in [-0.15, -0.1) is 5.10 Å². The number of amides is 1. The van der Waals surface area contributed by atoms with Crippen LogP contribution in [0.25, 0.3) is 0 Å². The predicted octanol–water partition coefficient (Wildman–Crippen LogP) is 1.33.